The lowest BCUT2D eigenvalue weighted by molar-refractivity contribution is 0.0948. The summed E-state index contributed by atoms with van der Waals surface area (Å²) in [4.78, 5) is 15.2. The molecule has 19 heavy (non-hydrogen) atoms. The second-order valence-corrected chi connectivity index (χ2v) is 6.72. The Balaban J connectivity index is 2.01. The number of hydrogen-bond donors (Lipinski definition) is 2. The Labute approximate surface area is 130 Å². The predicted octanol–water partition coefficient (Wildman–Crippen LogP) is 4.29. The highest BCUT2D eigenvalue weighted by Gasteiger charge is 2.09. The first kappa shape index (κ1) is 14.6. The third kappa shape index (κ3) is 3.84. The highest BCUT2D eigenvalue weighted by molar-refractivity contribution is 9.10. The van der Waals surface area contributed by atoms with Crippen molar-refractivity contribution in [1.29, 1.82) is 0 Å². The molecule has 0 aliphatic carbocycles. The molecule has 0 aliphatic rings. The maximum Gasteiger partial charge on any atom is 0.252 e. The number of hydrogen-bond acceptors (Lipinski definition) is 3. The van der Waals surface area contributed by atoms with E-state index in [1.807, 2.05) is 12.1 Å². The zero-order chi connectivity index (χ0) is 13.8. The summed E-state index contributed by atoms with van der Waals surface area (Å²) in [6, 6.07) is 9.60. The van der Waals surface area contributed by atoms with Crippen molar-refractivity contribution in [2.24, 2.45) is 0 Å². The maximum absolute atomic E-state index is 12.1. The number of thiol groups is 1. The molecule has 1 aromatic heterocycles. The Bertz CT molecular complexity index is 595. The standard InChI is InChI=1S/C14H14BrNOS2/c1-2-10-4-5-11(19-10)8-16-14(17)12-6-3-9(15)7-13(12)18/h3-7,18H,2,8H2,1H3,(H,16,17). The minimum absolute atomic E-state index is 0.0936. The lowest BCUT2D eigenvalue weighted by Gasteiger charge is -2.06. The molecule has 5 heteroatoms. The molecular weight excluding hydrogens is 342 g/mol. The Hall–Kier alpha value is -0.780. The minimum Gasteiger partial charge on any atom is -0.347 e. The van der Waals surface area contributed by atoms with Crippen molar-refractivity contribution < 1.29 is 4.79 Å². The molecule has 0 unspecified atom stereocenters. The first-order valence-corrected chi connectivity index (χ1v) is 8.00. The van der Waals surface area contributed by atoms with Gasteiger partial charge >= 0.3 is 0 Å². The first-order valence-electron chi connectivity index (χ1n) is 5.94. The predicted molar refractivity (Wildman–Crippen MR) is 86.3 cm³/mol. The SMILES string of the molecule is CCc1ccc(CNC(=O)c2ccc(Br)cc2S)s1. The zero-order valence-electron chi connectivity index (χ0n) is 10.4. The zero-order valence-corrected chi connectivity index (χ0v) is 13.7. The molecule has 0 saturated carbocycles. The molecule has 0 saturated heterocycles. The summed E-state index contributed by atoms with van der Waals surface area (Å²) in [5.41, 5.74) is 0.596. The third-order valence-electron chi connectivity index (χ3n) is 2.69. The monoisotopic (exact) mass is 355 g/mol. The molecule has 0 radical (unpaired) electrons. The topological polar surface area (TPSA) is 29.1 Å². The molecule has 2 rings (SSSR count). The number of rotatable bonds is 4. The van der Waals surface area contributed by atoms with Crippen LogP contribution < -0.4 is 5.32 Å². The Morgan fingerprint density at radius 1 is 1.32 bits per heavy atom. The number of amides is 1. The van der Waals surface area contributed by atoms with Gasteiger partial charge in [-0.2, -0.15) is 0 Å². The van der Waals surface area contributed by atoms with Crippen LogP contribution in [0.15, 0.2) is 39.7 Å². The van der Waals surface area contributed by atoms with E-state index in [0.29, 0.717) is 17.0 Å². The Kier molecular flexibility index (Phi) is 5.07. The molecule has 2 nitrogen and oxygen atoms in total. The van der Waals surface area contributed by atoms with Crippen LogP contribution in [0.2, 0.25) is 0 Å². The molecule has 1 aromatic carbocycles. The fourth-order valence-corrected chi connectivity index (χ4v) is 3.42. The normalized spacial score (nSPS) is 10.5. The van der Waals surface area contributed by atoms with Crippen LogP contribution in [0.3, 0.4) is 0 Å². The van der Waals surface area contributed by atoms with Crippen molar-refractivity contribution in [3.63, 3.8) is 0 Å². The van der Waals surface area contributed by atoms with Crippen LogP contribution in [0.5, 0.6) is 0 Å². The smallest absolute Gasteiger partial charge is 0.252 e. The second kappa shape index (κ2) is 6.59. The summed E-state index contributed by atoms with van der Waals surface area (Å²) in [7, 11) is 0. The molecule has 1 heterocycles. The highest BCUT2D eigenvalue weighted by atomic mass is 79.9. The van der Waals surface area contributed by atoms with E-state index >= 15 is 0 Å². The van der Waals surface area contributed by atoms with Gasteiger partial charge in [0.05, 0.1) is 12.1 Å². The second-order valence-electron chi connectivity index (χ2n) is 4.07. The van der Waals surface area contributed by atoms with Crippen molar-refractivity contribution in [2.45, 2.75) is 24.8 Å². The summed E-state index contributed by atoms with van der Waals surface area (Å²) in [6.07, 6.45) is 1.03. The number of carbonyl (C=O) groups is 1. The average molecular weight is 356 g/mol. The van der Waals surface area contributed by atoms with Gasteiger partial charge in [0.2, 0.25) is 0 Å². The van der Waals surface area contributed by atoms with Gasteiger partial charge in [0.25, 0.3) is 5.91 Å². The van der Waals surface area contributed by atoms with Crippen LogP contribution in [0.4, 0.5) is 0 Å². The summed E-state index contributed by atoms with van der Waals surface area (Å²) >= 11 is 9.41. The number of aryl methyl sites for hydroxylation is 1. The van der Waals surface area contributed by atoms with Gasteiger partial charge in [-0.1, -0.05) is 22.9 Å². The summed E-state index contributed by atoms with van der Waals surface area (Å²) in [6.45, 7) is 2.69. The molecule has 2 aromatic rings. The van der Waals surface area contributed by atoms with Crippen LogP contribution in [-0.2, 0) is 13.0 Å². The van der Waals surface area contributed by atoms with Gasteiger partial charge in [0.15, 0.2) is 0 Å². The molecule has 100 valence electrons. The number of thiophene rings is 1. The van der Waals surface area contributed by atoms with Gasteiger partial charge in [-0.3, -0.25) is 4.79 Å². The lowest BCUT2D eigenvalue weighted by atomic mass is 10.2. The highest BCUT2D eigenvalue weighted by Crippen LogP contribution is 2.20. The van der Waals surface area contributed by atoms with Crippen molar-refractivity contribution in [3.05, 3.63) is 50.1 Å². The third-order valence-corrected chi connectivity index (χ3v) is 4.79. The number of nitrogens with one attached hydrogen (secondary N) is 1. The Morgan fingerprint density at radius 2 is 2.05 bits per heavy atom. The quantitative estimate of drug-likeness (QED) is 0.786. The van der Waals surface area contributed by atoms with Crippen molar-refractivity contribution in [2.75, 3.05) is 0 Å². The van der Waals surface area contributed by atoms with E-state index in [2.05, 4.69) is 52.9 Å². The molecule has 0 atom stereocenters. The van der Waals surface area contributed by atoms with Crippen LogP contribution in [0, 0.1) is 0 Å². The van der Waals surface area contributed by atoms with Crippen molar-refractivity contribution >= 4 is 45.8 Å². The van der Waals surface area contributed by atoms with Gasteiger partial charge in [-0.25, -0.2) is 0 Å². The van der Waals surface area contributed by atoms with Crippen molar-refractivity contribution in [1.82, 2.24) is 5.32 Å². The van der Waals surface area contributed by atoms with Gasteiger partial charge < -0.3 is 5.32 Å². The van der Waals surface area contributed by atoms with Gasteiger partial charge in [0, 0.05) is 19.1 Å². The number of halogens is 1. The first-order chi connectivity index (χ1) is 9.10. The summed E-state index contributed by atoms with van der Waals surface area (Å²) in [5, 5.41) is 2.92. The lowest BCUT2D eigenvalue weighted by Crippen LogP contribution is -2.22. The molecule has 1 amide bonds. The van der Waals surface area contributed by atoms with Gasteiger partial charge in [-0.15, -0.1) is 24.0 Å². The van der Waals surface area contributed by atoms with E-state index in [1.54, 1.807) is 17.4 Å². The minimum atomic E-state index is -0.0936. The van der Waals surface area contributed by atoms with Crippen molar-refractivity contribution in [3.8, 4) is 0 Å². The summed E-state index contributed by atoms with van der Waals surface area (Å²) < 4.78 is 0.917. The van der Waals surface area contributed by atoms with E-state index in [-0.39, 0.29) is 5.91 Å². The van der Waals surface area contributed by atoms with E-state index < -0.39 is 0 Å². The van der Waals surface area contributed by atoms with E-state index in [4.69, 9.17) is 0 Å². The molecule has 1 N–H and O–H groups in total. The largest absolute Gasteiger partial charge is 0.347 e. The van der Waals surface area contributed by atoms with Gasteiger partial charge in [0.1, 0.15) is 0 Å². The molecule has 0 fully saturated rings. The Morgan fingerprint density at radius 3 is 2.68 bits per heavy atom. The molecular formula is C14H14BrNOS2. The number of benzene rings is 1. The molecule has 0 aliphatic heterocycles. The average Bonchev–Trinajstić information content (AvgIpc) is 2.84. The number of carbonyl (C=O) groups excluding carboxylic acids is 1. The fraction of sp³-hybridized carbons (Fsp3) is 0.214. The van der Waals surface area contributed by atoms with Crippen LogP contribution in [0.1, 0.15) is 27.0 Å². The van der Waals surface area contributed by atoms with E-state index in [0.717, 1.165) is 10.9 Å². The van der Waals surface area contributed by atoms with Crippen LogP contribution >= 0.6 is 39.9 Å². The van der Waals surface area contributed by atoms with E-state index in [9.17, 15) is 4.79 Å². The van der Waals surface area contributed by atoms with E-state index in [1.165, 1.54) is 9.75 Å². The summed E-state index contributed by atoms with van der Waals surface area (Å²) in [5.74, 6) is -0.0936. The molecule has 0 bridgehead atoms. The van der Waals surface area contributed by atoms with Crippen LogP contribution in [-0.4, -0.2) is 5.91 Å². The molecule has 0 spiro atoms. The van der Waals surface area contributed by atoms with Gasteiger partial charge in [-0.05, 0) is 36.8 Å². The van der Waals surface area contributed by atoms with Crippen LogP contribution in [0.25, 0.3) is 0 Å². The maximum atomic E-state index is 12.1. The fourth-order valence-electron chi connectivity index (χ4n) is 1.67.